The maximum Gasteiger partial charge on any atom is 0.133 e. The number of halogens is 1. The van der Waals surface area contributed by atoms with Gasteiger partial charge in [0, 0.05) is 0 Å². The maximum absolute atomic E-state index is 6.01. The summed E-state index contributed by atoms with van der Waals surface area (Å²) in [6.45, 7) is 3.13. The lowest BCUT2D eigenvalue weighted by atomic mass is 9.70. The molecule has 1 saturated carbocycles. The Morgan fingerprint density at radius 3 is 2.71 bits per heavy atom. The normalized spacial score (nSPS) is 25.8. The topological polar surface area (TPSA) is 35.2 Å². The molecule has 2 rings (SSSR count). The molecule has 1 aromatic rings. The minimum Gasteiger partial charge on any atom is -0.496 e. The number of benzene rings is 1. The van der Waals surface area contributed by atoms with Gasteiger partial charge in [0.15, 0.2) is 0 Å². The second-order valence-electron chi connectivity index (χ2n) is 6.40. The van der Waals surface area contributed by atoms with Crippen LogP contribution < -0.4 is 10.5 Å². The highest BCUT2D eigenvalue weighted by Crippen LogP contribution is 2.38. The third kappa shape index (κ3) is 4.46. The van der Waals surface area contributed by atoms with Gasteiger partial charge in [0.05, 0.1) is 11.6 Å². The lowest BCUT2D eigenvalue weighted by molar-refractivity contribution is 0.175. The van der Waals surface area contributed by atoms with E-state index in [4.69, 9.17) is 10.5 Å². The number of ether oxygens (including phenoxy) is 1. The van der Waals surface area contributed by atoms with Crippen LogP contribution in [-0.4, -0.2) is 13.7 Å². The Morgan fingerprint density at radius 1 is 1.29 bits per heavy atom. The second-order valence-corrected chi connectivity index (χ2v) is 7.25. The van der Waals surface area contributed by atoms with Gasteiger partial charge in [0.2, 0.25) is 0 Å². The summed E-state index contributed by atoms with van der Waals surface area (Å²) in [5.41, 5.74) is 7.40. The zero-order chi connectivity index (χ0) is 15.2. The Hall–Kier alpha value is -0.540. The van der Waals surface area contributed by atoms with Crippen LogP contribution in [-0.2, 0) is 6.42 Å². The van der Waals surface area contributed by atoms with Crippen LogP contribution in [0.15, 0.2) is 22.7 Å². The van der Waals surface area contributed by atoms with E-state index in [0.29, 0.717) is 5.92 Å². The fourth-order valence-corrected chi connectivity index (χ4v) is 4.38. The van der Waals surface area contributed by atoms with Crippen molar-refractivity contribution in [3.8, 4) is 5.75 Å². The van der Waals surface area contributed by atoms with E-state index in [0.717, 1.165) is 35.0 Å². The Balaban J connectivity index is 2.05. The van der Waals surface area contributed by atoms with E-state index in [1.54, 1.807) is 7.11 Å². The van der Waals surface area contributed by atoms with Crippen LogP contribution in [0.3, 0.4) is 0 Å². The molecule has 3 heteroatoms. The highest BCUT2D eigenvalue weighted by atomic mass is 79.9. The third-order valence-corrected chi connectivity index (χ3v) is 5.58. The SMILES string of the molecule is CCCC1CCC(CN)C(Cc2ccc(OC)c(Br)c2)C1. The van der Waals surface area contributed by atoms with Crippen LogP contribution in [0, 0.1) is 17.8 Å². The Kier molecular flexibility index (Phi) is 6.56. The zero-order valence-electron chi connectivity index (χ0n) is 13.3. The fourth-order valence-electron chi connectivity index (χ4n) is 3.79. The first-order valence-corrected chi connectivity index (χ1v) is 8.99. The minimum absolute atomic E-state index is 0.694. The molecule has 1 aromatic carbocycles. The van der Waals surface area contributed by atoms with Gasteiger partial charge in [0.25, 0.3) is 0 Å². The van der Waals surface area contributed by atoms with Gasteiger partial charge in [-0.1, -0.05) is 32.3 Å². The number of nitrogens with two attached hydrogens (primary N) is 1. The van der Waals surface area contributed by atoms with E-state index in [1.165, 1.54) is 37.7 Å². The molecular formula is C18H28BrNO. The summed E-state index contributed by atoms with van der Waals surface area (Å²) in [6, 6.07) is 6.46. The summed E-state index contributed by atoms with van der Waals surface area (Å²) in [5, 5.41) is 0. The van der Waals surface area contributed by atoms with Crippen LogP contribution in [0.4, 0.5) is 0 Å². The van der Waals surface area contributed by atoms with Gasteiger partial charge in [-0.25, -0.2) is 0 Å². The predicted octanol–water partition coefficient (Wildman–Crippen LogP) is 4.79. The molecule has 0 amide bonds. The molecule has 0 bridgehead atoms. The Morgan fingerprint density at radius 2 is 2.10 bits per heavy atom. The van der Waals surface area contributed by atoms with Crippen molar-refractivity contribution >= 4 is 15.9 Å². The van der Waals surface area contributed by atoms with Gasteiger partial charge in [0.1, 0.15) is 5.75 Å². The van der Waals surface area contributed by atoms with Gasteiger partial charge < -0.3 is 10.5 Å². The molecule has 0 heterocycles. The highest BCUT2D eigenvalue weighted by molar-refractivity contribution is 9.10. The molecule has 0 spiro atoms. The summed E-state index contributed by atoms with van der Waals surface area (Å²) in [5.74, 6) is 3.24. The largest absolute Gasteiger partial charge is 0.496 e. The third-order valence-electron chi connectivity index (χ3n) is 4.96. The molecule has 0 aliphatic heterocycles. The maximum atomic E-state index is 6.01. The van der Waals surface area contributed by atoms with E-state index in [9.17, 15) is 0 Å². The zero-order valence-corrected chi connectivity index (χ0v) is 14.9. The number of hydrogen-bond donors (Lipinski definition) is 1. The van der Waals surface area contributed by atoms with Crippen molar-refractivity contribution in [3.63, 3.8) is 0 Å². The molecular weight excluding hydrogens is 326 g/mol. The van der Waals surface area contributed by atoms with Crippen molar-refractivity contribution in [2.24, 2.45) is 23.5 Å². The van der Waals surface area contributed by atoms with Crippen LogP contribution in [0.25, 0.3) is 0 Å². The van der Waals surface area contributed by atoms with Crippen LogP contribution >= 0.6 is 15.9 Å². The van der Waals surface area contributed by atoms with E-state index in [2.05, 4.69) is 41.1 Å². The monoisotopic (exact) mass is 353 g/mol. The van der Waals surface area contributed by atoms with E-state index >= 15 is 0 Å². The molecule has 0 aromatic heterocycles. The molecule has 1 aliphatic carbocycles. The Labute approximate surface area is 137 Å². The van der Waals surface area contributed by atoms with E-state index in [1.807, 2.05) is 0 Å². The van der Waals surface area contributed by atoms with Gasteiger partial charge in [-0.3, -0.25) is 0 Å². The predicted molar refractivity (Wildman–Crippen MR) is 92.7 cm³/mol. The number of hydrogen-bond acceptors (Lipinski definition) is 2. The van der Waals surface area contributed by atoms with Crippen molar-refractivity contribution in [2.45, 2.75) is 45.4 Å². The molecule has 21 heavy (non-hydrogen) atoms. The molecule has 0 radical (unpaired) electrons. The molecule has 2 nitrogen and oxygen atoms in total. The average molecular weight is 354 g/mol. The first-order valence-electron chi connectivity index (χ1n) is 8.20. The molecule has 3 atom stereocenters. The van der Waals surface area contributed by atoms with Crippen molar-refractivity contribution in [2.75, 3.05) is 13.7 Å². The second kappa shape index (κ2) is 8.19. The molecule has 118 valence electrons. The highest BCUT2D eigenvalue weighted by Gasteiger charge is 2.29. The van der Waals surface area contributed by atoms with Gasteiger partial charge in [-0.05, 0) is 77.2 Å². The minimum atomic E-state index is 0.694. The summed E-state index contributed by atoms with van der Waals surface area (Å²) in [4.78, 5) is 0. The van der Waals surface area contributed by atoms with Crippen molar-refractivity contribution in [3.05, 3.63) is 28.2 Å². The van der Waals surface area contributed by atoms with Gasteiger partial charge in [-0.15, -0.1) is 0 Å². The molecule has 1 aliphatic rings. The number of methoxy groups -OCH3 is 1. The van der Waals surface area contributed by atoms with E-state index in [-0.39, 0.29) is 0 Å². The van der Waals surface area contributed by atoms with E-state index < -0.39 is 0 Å². The van der Waals surface area contributed by atoms with Crippen LogP contribution in [0.2, 0.25) is 0 Å². The lowest BCUT2D eigenvalue weighted by Gasteiger charge is -2.36. The molecule has 2 N–H and O–H groups in total. The van der Waals surface area contributed by atoms with Gasteiger partial charge >= 0.3 is 0 Å². The molecule has 0 saturated heterocycles. The first-order chi connectivity index (χ1) is 10.2. The summed E-state index contributed by atoms with van der Waals surface area (Å²) < 4.78 is 6.36. The van der Waals surface area contributed by atoms with Crippen molar-refractivity contribution < 1.29 is 4.74 Å². The summed E-state index contributed by atoms with van der Waals surface area (Å²) >= 11 is 3.59. The smallest absolute Gasteiger partial charge is 0.133 e. The Bertz CT molecular complexity index is 449. The van der Waals surface area contributed by atoms with Crippen LogP contribution in [0.5, 0.6) is 5.75 Å². The quantitative estimate of drug-likeness (QED) is 0.797. The standard InChI is InChI=1S/C18H28BrNO/c1-3-4-13-5-7-15(12-20)16(9-13)10-14-6-8-18(21-2)17(19)11-14/h6,8,11,13,15-16H,3-5,7,9-10,12,20H2,1-2H3. The lowest BCUT2D eigenvalue weighted by Crippen LogP contribution is -2.31. The fraction of sp³-hybridized carbons (Fsp3) is 0.667. The van der Waals surface area contributed by atoms with Gasteiger partial charge in [-0.2, -0.15) is 0 Å². The first kappa shape index (κ1) is 16.8. The van der Waals surface area contributed by atoms with Crippen molar-refractivity contribution in [1.29, 1.82) is 0 Å². The van der Waals surface area contributed by atoms with Crippen molar-refractivity contribution in [1.82, 2.24) is 0 Å². The molecule has 1 fully saturated rings. The number of rotatable bonds is 6. The summed E-state index contributed by atoms with van der Waals surface area (Å²) in [7, 11) is 1.71. The molecule has 3 unspecified atom stereocenters. The average Bonchev–Trinajstić information content (AvgIpc) is 2.48. The van der Waals surface area contributed by atoms with Crippen LogP contribution in [0.1, 0.15) is 44.6 Å². The summed E-state index contributed by atoms with van der Waals surface area (Å²) in [6.07, 6.45) is 7.85.